The Labute approximate surface area is 202 Å². The number of aromatic nitrogens is 3. The number of amides is 1. The van der Waals surface area contributed by atoms with Gasteiger partial charge in [-0.1, -0.05) is 23.7 Å². The van der Waals surface area contributed by atoms with Crippen LogP contribution in [-0.4, -0.2) is 44.3 Å². The largest absolute Gasteiger partial charge is 0.356 e. The zero-order valence-electron chi connectivity index (χ0n) is 20.3. The van der Waals surface area contributed by atoms with Gasteiger partial charge in [0.2, 0.25) is 12.4 Å². The van der Waals surface area contributed by atoms with E-state index in [-0.39, 0.29) is 13.0 Å². The third-order valence-electron chi connectivity index (χ3n) is 5.42. The summed E-state index contributed by atoms with van der Waals surface area (Å²) in [4.78, 5) is 28.7. The molecule has 11 heteroatoms. The second-order valence-corrected chi connectivity index (χ2v) is 9.26. The lowest BCUT2D eigenvalue weighted by Gasteiger charge is -2.13. The number of hydrogen-bond donors (Lipinski definition) is 1. The lowest BCUT2D eigenvalue weighted by atomic mass is 9.99. The predicted molar refractivity (Wildman–Crippen MR) is 127 cm³/mol. The number of thiophene rings is 1. The fourth-order valence-corrected chi connectivity index (χ4v) is 5.07. The molecule has 9 nitrogen and oxygen atoms in total. The molecule has 0 saturated carbocycles. The van der Waals surface area contributed by atoms with Crippen molar-refractivity contribution in [2.45, 2.75) is 39.7 Å². The first-order valence-corrected chi connectivity index (χ1v) is 11.5. The molecule has 0 saturated heterocycles. The molecule has 1 aromatic carbocycles. The van der Waals surface area contributed by atoms with Crippen LogP contribution < -0.4 is 5.32 Å². The third-order valence-corrected chi connectivity index (χ3v) is 6.87. The highest BCUT2D eigenvalue weighted by Gasteiger charge is 2.32. The lowest BCUT2D eigenvalue weighted by molar-refractivity contribution is -0.480. The maximum atomic E-state index is 12.8. The number of carbonyl (C=O) groups is 1. The monoisotopic (exact) mass is 488 g/mol. The lowest BCUT2D eigenvalue weighted by Crippen LogP contribution is -2.27. The van der Waals surface area contributed by atoms with Crippen LogP contribution >= 0.6 is 22.9 Å². The van der Waals surface area contributed by atoms with Gasteiger partial charge in [0.1, 0.15) is 19.6 Å². The molecule has 0 radical (unpaired) electrons. The molecular weight excluding hydrogens is 464 g/mol. The van der Waals surface area contributed by atoms with Crippen LogP contribution in [-0.2, 0) is 4.79 Å². The Kier molecular flexibility index (Phi) is 5.84. The van der Waals surface area contributed by atoms with Crippen LogP contribution in [0, 0.1) is 30.9 Å². The van der Waals surface area contributed by atoms with Crippen molar-refractivity contribution in [3.63, 3.8) is 0 Å². The summed E-state index contributed by atoms with van der Waals surface area (Å²) in [5, 5.41) is 23.5. The van der Waals surface area contributed by atoms with E-state index in [9.17, 15) is 14.9 Å². The van der Waals surface area contributed by atoms with E-state index in [0.717, 1.165) is 26.6 Å². The maximum absolute atomic E-state index is 12.8. The molecule has 3 aromatic rings. The Morgan fingerprint density at radius 3 is 2.73 bits per heavy atom. The zero-order chi connectivity index (χ0) is 25.5. The van der Waals surface area contributed by atoms with Gasteiger partial charge in [-0.25, -0.2) is 0 Å². The second-order valence-electron chi connectivity index (χ2n) is 7.62. The average molecular weight is 489 g/mol. The highest BCUT2D eigenvalue weighted by Crippen LogP contribution is 2.39. The predicted octanol–water partition coefficient (Wildman–Crippen LogP) is 3.97. The molecule has 0 spiro atoms. The van der Waals surface area contributed by atoms with E-state index in [1.807, 2.05) is 37.5 Å². The number of carbonyl (C=O) groups excluding carboxylic acids is 1. The highest BCUT2D eigenvalue weighted by atomic mass is 35.5. The summed E-state index contributed by atoms with van der Waals surface area (Å²) in [7, 11) is 0. The molecular formula is C22H23ClN6O3S. The third kappa shape index (κ3) is 4.67. The summed E-state index contributed by atoms with van der Waals surface area (Å²) >= 11 is 7.71. The molecule has 1 N–H and O–H groups in total. The van der Waals surface area contributed by atoms with Crippen LogP contribution in [0.1, 0.15) is 54.8 Å². The molecule has 1 aliphatic heterocycles. The number of benzene rings is 1. The quantitative estimate of drug-likeness (QED) is 0.399. The summed E-state index contributed by atoms with van der Waals surface area (Å²) in [6, 6.07) is 6.67. The minimum absolute atomic E-state index is 0.0797. The van der Waals surface area contributed by atoms with E-state index in [2.05, 4.69) is 15.5 Å². The summed E-state index contributed by atoms with van der Waals surface area (Å²) in [5.74, 6) is 0.767. The Balaban J connectivity index is 1.72. The number of rotatable bonds is 7. The normalized spacial score (nSPS) is 16.1. The number of fused-ring (bicyclic) bond motifs is 3. The number of nitrogens with zero attached hydrogens (tertiary/aromatic N) is 5. The molecule has 0 aliphatic carbocycles. The minimum Gasteiger partial charge on any atom is -0.356 e. The Morgan fingerprint density at radius 2 is 2.03 bits per heavy atom. The van der Waals surface area contributed by atoms with Crippen LogP contribution in [0.5, 0.6) is 0 Å². The summed E-state index contributed by atoms with van der Waals surface area (Å²) in [6.45, 7) is 3.13. The fourth-order valence-electron chi connectivity index (χ4n) is 3.73. The number of aliphatic imine (C=N–C) groups is 1. The molecule has 1 aliphatic rings. The fraction of sp³-hybridized carbons (Fsp3) is 0.364. The molecule has 33 heavy (non-hydrogen) atoms. The van der Waals surface area contributed by atoms with Crippen molar-refractivity contribution in [2.24, 2.45) is 4.99 Å². The molecule has 0 bridgehead atoms. The first kappa shape index (κ1) is 20.5. The topological polar surface area (TPSA) is 115 Å². The van der Waals surface area contributed by atoms with Gasteiger partial charge in [-0.05, 0) is 38.5 Å². The van der Waals surface area contributed by atoms with Gasteiger partial charge in [-0.2, -0.15) is 0 Å². The van der Waals surface area contributed by atoms with E-state index in [1.165, 1.54) is 0 Å². The molecule has 172 valence electrons. The SMILES string of the molecule is [2H]C([2H])(CCNC(=O)C[C@@H]1N=C(c2ccc(Cl)cc2)c2c(sc(C)c2C)-n2c(C)nnc21)[N+](=O)[O-]. The van der Waals surface area contributed by atoms with E-state index >= 15 is 0 Å². The molecule has 1 amide bonds. The number of hydrogen-bond acceptors (Lipinski definition) is 7. The minimum atomic E-state index is -2.61. The summed E-state index contributed by atoms with van der Waals surface area (Å²) in [6.07, 6.45) is -0.523. The van der Waals surface area contributed by atoms with Gasteiger partial charge >= 0.3 is 0 Å². The van der Waals surface area contributed by atoms with Gasteiger partial charge in [0.15, 0.2) is 5.82 Å². The molecule has 0 fully saturated rings. The van der Waals surface area contributed by atoms with E-state index in [1.54, 1.807) is 23.5 Å². The second kappa shape index (κ2) is 9.40. The molecule has 2 aromatic heterocycles. The van der Waals surface area contributed by atoms with Crippen LogP contribution in [0.3, 0.4) is 0 Å². The summed E-state index contributed by atoms with van der Waals surface area (Å²) in [5.41, 5.74) is 3.58. The number of nitro groups is 1. The van der Waals surface area contributed by atoms with Gasteiger partial charge in [-0.15, -0.1) is 21.5 Å². The van der Waals surface area contributed by atoms with E-state index in [0.29, 0.717) is 22.4 Å². The number of aryl methyl sites for hydroxylation is 2. The first-order chi connectivity index (χ1) is 16.5. The smallest absolute Gasteiger partial charge is 0.222 e. The number of nitrogens with one attached hydrogen (secondary N) is 1. The Bertz CT molecular complexity index is 1340. The molecule has 0 unspecified atom stereocenters. The highest BCUT2D eigenvalue weighted by molar-refractivity contribution is 7.15. The van der Waals surface area contributed by atoms with Crippen molar-refractivity contribution < 1.29 is 12.5 Å². The summed E-state index contributed by atoms with van der Waals surface area (Å²) < 4.78 is 16.7. The van der Waals surface area contributed by atoms with Gasteiger partial charge < -0.3 is 5.32 Å². The van der Waals surface area contributed by atoms with Crippen LogP contribution in [0.2, 0.25) is 5.02 Å². The van der Waals surface area contributed by atoms with Gasteiger partial charge in [0, 0.05) is 38.9 Å². The van der Waals surface area contributed by atoms with Crippen molar-refractivity contribution in [3.8, 4) is 5.00 Å². The van der Waals surface area contributed by atoms with Crippen molar-refractivity contribution in [1.29, 1.82) is 0 Å². The van der Waals surface area contributed by atoms with Gasteiger partial charge in [-0.3, -0.25) is 24.5 Å². The van der Waals surface area contributed by atoms with Gasteiger partial charge in [0.25, 0.3) is 0 Å². The Morgan fingerprint density at radius 1 is 1.30 bits per heavy atom. The molecule has 3 heterocycles. The van der Waals surface area contributed by atoms with Crippen molar-refractivity contribution in [3.05, 3.63) is 72.6 Å². The average Bonchev–Trinajstić information content (AvgIpc) is 3.26. The van der Waals surface area contributed by atoms with Crippen molar-refractivity contribution >= 4 is 34.6 Å². The van der Waals surface area contributed by atoms with E-state index < -0.39 is 29.8 Å². The van der Waals surface area contributed by atoms with E-state index in [4.69, 9.17) is 19.3 Å². The van der Waals surface area contributed by atoms with Crippen molar-refractivity contribution in [2.75, 3.05) is 13.0 Å². The standard InChI is InChI=1S/C22H23ClN6O3S/c1-12-13(2)33-22-19(12)20(15-5-7-16(23)8-6-15)25-17(21-27-26-14(3)29(21)22)11-18(30)24-9-4-10-28(31)32/h5-8,17H,4,9-11H2,1-3H3,(H,24,30)/t17-/m0/s1/i10D2. The van der Waals surface area contributed by atoms with Crippen LogP contribution in [0.25, 0.3) is 5.00 Å². The first-order valence-electron chi connectivity index (χ1n) is 11.3. The number of halogens is 1. The molecule has 1 atom stereocenters. The maximum Gasteiger partial charge on any atom is 0.222 e. The Hall–Kier alpha value is -3.11. The van der Waals surface area contributed by atoms with Crippen LogP contribution in [0.15, 0.2) is 29.3 Å². The zero-order valence-corrected chi connectivity index (χ0v) is 19.8. The van der Waals surface area contributed by atoms with Crippen molar-refractivity contribution in [1.82, 2.24) is 20.1 Å². The van der Waals surface area contributed by atoms with Gasteiger partial charge in [0.05, 0.1) is 12.1 Å². The van der Waals surface area contributed by atoms with Crippen LogP contribution in [0.4, 0.5) is 0 Å². The molecule has 4 rings (SSSR count).